The number of benzene rings is 3. The molecule has 0 saturated carbocycles. The molecule has 2 saturated heterocycles. The molecule has 3 aromatic rings. The summed E-state index contributed by atoms with van der Waals surface area (Å²) in [6.07, 6.45) is 2.19. The van der Waals surface area contributed by atoms with E-state index in [4.69, 9.17) is 4.74 Å². The molecular formula is C34H41FN4O5S. The van der Waals surface area contributed by atoms with Gasteiger partial charge in [-0.2, -0.15) is 4.31 Å². The van der Waals surface area contributed by atoms with Crippen LogP contribution in [0.4, 0.5) is 4.39 Å². The molecule has 2 fully saturated rings. The summed E-state index contributed by atoms with van der Waals surface area (Å²) in [6, 6.07) is 20.9. The van der Waals surface area contributed by atoms with Crippen molar-refractivity contribution in [1.29, 1.82) is 0 Å². The van der Waals surface area contributed by atoms with Crippen LogP contribution in [0, 0.1) is 5.82 Å². The minimum atomic E-state index is -3.53. The zero-order valence-electron chi connectivity index (χ0n) is 25.4. The maximum atomic E-state index is 14.0. The molecule has 240 valence electrons. The van der Waals surface area contributed by atoms with E-state index in [-0.39, 0.29) is 35.5 Å². The summed E-state index contributed by atoms with van der Waals surface area (Å²) in [6.45, 7) is 5.21. The van der Waals surface area contributed by atoms with Crippen LogP contribution < -0.4 is 5.32 Å². The molecule has 2 amide bonds. The second-order valence-electron chi connectivity index (χ2n) is 11.5. The third-order valence-electron chi connectivity index (χ3n) is 8.35. The van der Waals surface area contributed by atoms with Gasteiger partial charge in [0, 0.05) is 52.2 Å². The van der Waals surface area contributed by atoms with Crippen molar-refractivity contribution in [2.24, 2.45) is 0 Å². The van der Waals surface area contributed by atoms with Crippen LogP contribution in [0.2, 0.25) is 0 Å². The monoisotopic (exact) mass is 636 g/mol. The molecule has 3 aromatic carbocycles. The average molecular weight is 637 g/mol. The summed E-state index contributed by atoms with van der Waals surface area (Å²) in [5, 5.41) is 3.04. The number of nitrogens with zero attached hydrogens (tertiary/aromatic N) is 3. The van der Waals surface area contributed by atoms with Gasteiger partial charge in [-0.15, -0.1) is 0 Å². The van der Waals surface area contributed by atoms with Crippen molar-refractivity contribution in [3.8, 4) is 0 Å². The predicted molar refractivity (Wildman–Crippen MR) is 169 cm³/mol. The van der Waals surface area contributed by atoms with E-state index < -0.39 is 16.1 Å². The van der Waals surface area contributed by atoms with Crippen molar-refractivity contribution in [2.45, 2.75) is 43.2 Å². The highest BCUT2D eigenvalue weighted by Crippen LogP contribution is 2.26. The van der Waals surface area contributed by atoms with Gasteiger partial charge in [0.1, 0.15) is 11.9 Å². The zero-order chi connectivity index (χ0) is 31.6. The molecule has 45 heavy (non-hydrogen) atoms. The van der Waals surface area contributed by atoms with Gasteiger partial charge in [-0.3, -0.25) is 14.5 Å². The quantitative estimate of drug-likeness (QED) is 0.307. The van der Waals surface area contributed by atoms with Gasteiger partial charge in [0.2, 0.25) is 21.8 Å². The fourth-order valence-corrected chi connectivity index (χ4v) is 7.29. The van der Waals surface area contributed by atoms with Crippen LogP contribution in [0.15, 0.2) is 83.8 Å². The standard InChI is InChI=1S/C34H41FN4O5S/c35-30-13-8-28(9-14-30)26-39(32(40)17-12-27-10-15-31(16-11-27)45(42,43)38-19-4-5-20-38)33(29-6-2-1-3-7-29)34(41)36-18-21-37-22-24-44-25-23-37/h1-3,6-11,13-16,33H,4-5,12,17-26H2,(H,36,41)/t33-/m0/s1. The fourth-order valence-electron chi connectivity index (χ4n) is 5.78. The van der Waals surface area contributed by atoms with E-state index in [1.165, 1.54) is 16.4 Å². The predicted octanol–water partition coefficient (Wildman–Crippen LogP) is 3.76. The minimum absolute atomic E-state index is 0.101. The molecule has 5 rings (SSSR count). The number of sulfonamides is 1. The van der Waals surface area contributed by atoms with Crippen molar-refractivity contribution in [2.75, 3.05) is 52.5 Å². The number of amides is 2. The molecule has 0 aromatic heterocycles. The van der Waals surface area contributed by atoms with Crippen molar-refractivity contribution in [1.82, 2.24) is 19.4 Å². The number of morpholine rings is 1. The Morgan fingerprint density at radius 3 is 2.18 bits per heavy atom. The molecule has 2 heterocycles. The Bertz CT molecular complexity index is 1510. The Hall–Kier alpha value is -3.64. The third-order valence-corrected chi connectivity index (χ3v) is 10.3. The fraction of sp³-hybridized carbons (Fsp3) is 0.412. The molecule has 11 heteroatoms. The Balaban J connectivity index is 1.33. The van der Waals surface area contributed by atoms with E-state index in [0.29, 0.717) is 56.9 Å². The summed E-state index contributed by atoms with van der Waals surface area (Å²) in [5.74, 6) is -0.918. The van der Waals surface area contributed by atoms with E-state index in [9.17, 15) is 22.4 Å². The van der Waals surface area contributed by atoms with Crippen molar-refractivity contribution >= 4 is 21.8 Å². The minimum Gasteiger partial charge on any atom is -0.379 e. The average Bonchev–Trinajstić information content (AvgIpc) is 3.62. The van der Waals surface area contributed by atoms with Crippen LogP contribution in [0.5, 0.6) is 0 Å². The molecule has 1 atom stereocenters. The van der Waals surface area contributed by atoms with E-state index in [1.54, 1.807) is 41.3 Å². The van der Waals surface area contributed by atoms with Crippen LogP contribution in [0.25, 0.3) is 0 Å². The number of carbonyl (C=O) groups is 2. The van der Waals surface area contributed by atoms with Gasteiger partial charge in [-0.05, 0) is 60.2 Å². The van der Waals surface area contributed by atoms with Gasteiger partial charge in [0.05, 0.1) is 18.1 Å². The first kappa shape index (κ1) is 32.7. The lowest BCUT2D eigenvalue weighted by Crippen LogP contribution is -2.46. The molecule has 2 aliphatic heterocycles. The molecule has 0 aliphatic carbocycles. The summed E-state index contributed by atoms with van der Waals surface area (Å²) in [5.41, 5.74) is 2.19. The topological polar surface area (TPSA) is 99.3 Å². The van der Waals surface area contributed by atoms with E-state index >= 15 is 0 Å². The Labute approximate surface area is 265 Å². The number of hydrogen-bond acceptors (Lipinski definition) is 6. The van der Waals surface area contributed by atoms with E-state index in [0.717, 1.165) is 31.5 Å². The third kappa shape index (κ3) is 8.76. The number of ether oxygens (including phenoxy) is 1. The first-order valence-electron chi connectivity index (χ1n) is 15.6. The zero-order valence-corrected chi connectivity index (χ0v) is 26.3. The second-order valence-corrected chi connectivity index (χ2v) is 13.4. The molecule has 0 spiro atoms. The highest BCUT2D eigenvalue weighted by Gasteiger charge is 2.32. The second kappa shape index (κ2) is 15.6. The lowest BCUT2D eigenvalue weighted by molar-refractivity contribution is -0.141. The first-order chi connectivity index (χ1) is 21.8. The lowest BCUT2D eigenvalue weighted by Gasteiger charge is -2.32. The summed E-state index contributed by atoms with van der Waals surface area (Å²) in [7, 11) is -3.53. The number of carbonyl (C=O) groups excluding carboxylic acids is 2. The molecule has 0 radical (unpaired) electrons. The summed E-state index contributed by atoms with van der Waals surface area (Å²) >= 11 is 0. The summed E-state index contributed by atoms with van der Waals surface area (Å²) < 4.78 is 46.5. The van der Waals surface area contributed by atoms with E-state index in [1.807, 2.05) is 30.3 Å². The number of aryl methyl sites for hydroxylation is 1. The number of halogens is 1. The smallest absolute Gasteiger partial charge is 0.247 e. The molecule has 0 unspecified atom stereocenters. The molecular weight excluding hydrogens is 595 g/mol. The van der Waals surface area contributed by atoms with Gasteiger partial charge in [0.15, 0.2) is 0 Å². The Kier molecular flexibility index (Phi) is 11.3. The number of nitrogens with one attached hydrogen (secondary N) is 1. The summed E-state index contributed by atoms with van der Waals surface area (Å²) in [4.78, 5) is 31.8. The molecule has 1 N–H and O–H groups in total. The Morgan fingerprint density at radius 1 is 0.867 bits per heavy atom. The Morgan fingerprint density at radius 2 is 1.51 bits per heavy atom. The van der Waals surface area contributed by atoms with Crippen molar-refractivity contribution < 1.29 is 27.1 Å². The molecule has 2 aliphatic rings. The van der Waals surface area contributed by atoms with Crippen LogP contribution in [-0.4, -0.2) is 86.8 Å². The van der Waals surface area contributed by atoms with Crippen molar-refractivity contribution in [3.63, 3.8) is 0 Å². The SMILES string of the molecule is O=C(NCCN1CCOCC1)[C@H](c1ccccc1)N(Cc1ccc(F)cc1)C(=O)CCc1ccc(S(=O)(=O)N2CCCC2)cc1. The largest absolute Gasteiger partial charge is 0.379 e. The van der Waals surface area contributed by atoms with Gasteiger partial charge < -0.3 is 15.0 Å². The van der Waals surface area contributed by atoms with Crippen LogP contribution >= 0.6 is 0 Å². The van der Waals surface area contributed by atoms with Crippen LogP contribution in [-0.2, 0) is 37.3 Å². The maximum absolute atomic E-state index is 14.0. The highest BCUT2D eigenvalue weighted by atomic mass is 32.2. The van der Waals surface area contributed by atoms with Crippen LogP contribution in [0.1, 0.15) is 42.0 Å². The van der Waals surface area contributed by atoms with Crippen molar-refractivity contribution in [3.05, 3.63) is 101 Å². The van der Waals surface area contributed by atoms with E-state index in [2.05, 4.69) is 10.2 Å². The van der Waals surface area contributed by atoms with Gasteiger partial charge in [-0.25, -0.2) is 12.8 Å². The lowest BCUT2D eigenvalue weighted by atomic mass is 10.0. The van der Waals surface area contributed by atoms with Crippen LogP contribution in [0.3, 0.4) is 0 Å². The molecule has 0 bridgehead atoms. The first-order valence-corrected chi connectivity index (χ1v) is 17.0. The maximum Gasteiger partial charge on any atom is 0.247 e. The highest BCUT2D eigenvalue weighted by molar-refractivity contribution is 7.89. The van der Waals surface area contributed by atoms with Gasteiger partial charge in [0.25, 0.3) is 0 Å². The normalized spacial score (nSPS) is 16.7. The number of hydrogen-bond donors (Lipinski definition) is 1. The van der Waals surface area contributed by atoms with Gasteiger partial charge in [-0.1, -0.05) is 54.6 Å². The van der Waals surface area contributed by atoms with Gasteiger partial charge >= 0.3 is 0 Å². The number of rotatable bonds is 13. The molecule has 9 nitrogen and oxygen atoms in total.